The van der Waals surface area contributed by atoms with E-state index in [2.05, 4.69) is 16.0 Å². The van der Waals surface area contributed by atoms with Crippen LogP contribution in [0, 0.1) is 11.3 Å². The van der Waals surface area contributed by atoms with Crippen LogP contribution in [0.1, 0.15) is 6.42 Å². The number of carbonyl (C=O) groups is 2. The number of halogens is 1. The molecule has 0 aliphatic heterocycles. The summed E-state index contributed by atoms with van der Waals surface area (Å²) in [5.41, 5.74) is 0.387. The second-order valence-corrected chi connectivity index (χ2v) is 4.76. The van der Waals surface area contributed by atoms with Gasteiger partial charge in [0.25, 0.3) is 5.91 Å². The molecule has 0 aliphatic rings. The van der Waals surface area contributed by atoms with E-state index in [0.29, 0.717) is 42.4 Å². The van der Waals surface area contributed by atoms with Crippen LogP contribution in [0.2, 0.25) is 5.02 Å². The van der Waals surface area contributed by atoms with Crippen LogP contribution in [0.4, 0.5) is 5.69 Å². The molecule has 122 valence electrons. The molecule has 0 saturated carbocycles. The van der Waals surface area contributed by atoms with Gasteiger partial charge in [-0.15, -0.1) is 0 Å². The minimum atomic E-state index is -0.549. The summed E-state index contributed by atoms with van der Waals surface area (Å²) in [4.78, 5) is 22.1. The van der Waals surface area contributed by atoms with E-state index in [0.717, 1.165) is 0 Å². The lowest BCUT2D eigenvalue weighted by molar-refractivity contribution is -0.112. The van der Waals surface area contributed by atoms with Crippen molar-refractivity contribution in [1.29, 1.82) is 5.26 Å². The van der Waals surface area contributed by atoms with Crippen LogP contribution >= 0.6 is 11.6 Å². The summed E-state index contributed by atoms with van der Waals surface area (Å²) in [5.74, 6) is -0.0569. The molecular formula is C15H17ClN4O3. The summed E-state index contributed by atoms with van der Waals surface area (Å²) in [7, 11) is 1.49. The first-order chi connectivity index (χ1) is 11.1. The highest BCUT2D eigenvalue weighted by molar-refractivity contribution is 6.32. The van der Waals surface area contributed by atoms with Gasteiger partial charge >= 0.3 is 0 Å². The van der Waals surface area contributed by atoms with Gasteiger partial charge in [0.15, 0.2) is 0 Å². The Morgan fingerprint density at radius 3 is 2.74 bits per heavy atom. The molecule has 0 spiro atoms. The molecule has 0 aromatic heterocycles. The third-order valence-corrected chi connectivity index (χ3v) is 3.04. The highest BCUT2D eigenvalue weighted by Crippen LogP contribution is 2.27. The van der Waals surface area contributed by atoms with Gasteiger partial charge in [0.1, 0.15) is 17.4 Å². The Hall–Kier alpha value is -2.72. The molecule has 0 radical (unpaired) electrons. The Morgan fingerprint density at radius 2 is 2.13 bits per heavy atom. The number of hydrogen-bond donors (Lipinski definition) is 3. The molecule has 0 unspecified atom stereocenters. The third kappa shape index (κ3) is 6.28. The monoisotopic (exact) mass is 336 g/mol. The summed E-state index contributed by atoms with van der Waals surface area (Å²) < 4.78 is 5.02. The quantitative estimate of drug-likeness (QED) is 0.274. The fourth-order valence-corrected chi connectivity index (χ4v) is 1.87. The van der Waals surface area contributed by atoms with E-state index >= 15 is 0 Å². The molecule has 0 heterocycles. The van der Waals surface area contributed by atoms with Gasteiger partial charge in [0.05, 0.1) is 12.1 Å². The van der Waals surface area contributed by atoms with Crippen LogP contribution in [0.3, 0.4) is 0 Å². The third-order valence-electron chi connectivity index (χ3n) is 2.75. The number of carbonyl (C=O) groups excluding carboxylic acids is 2. The van der Waals surface area contributed by atoms with Crippen molar-refractivity contribution >= 4 is 29.6 Å². The van der Waals surface area contributed by atoms with Gasteiger partial charge in [0.2, 0.25) is 6.41 Å². The number of methoxy groups -OCH3 is 1. The maximum atomic E-state index is 12.0. The Morgan fingerprint density at radius 1 is 1.39 bits per heavy atom. The van der Waals surface area contributed by atoms with E-state index in [4.69, 9.17) is 21.6 Å². The van der Waals surface area contributed by atoms with Gasteiger partial charge in [-0.1, -0.05) is 11.6 Å². The van der Waals surface area contributed by atoms with Gasteiger partial charge in [-0.3, -0.25) is 9.59 Å². The van der Waals surface area contributed by atoms with E-state index in [1.165, 1.54) is 19.4 Å². The van der Waals surface area contributed by atoms with E-state index < -0.39 is 5.91 Å². The van der Waals surface area contributed by atoms with Gasteiger partial charge in [0, 0.05) is 25.0 Å². The zero-order valence-electron chi connectivity index (χ0n) is 12.6. The lowest BCUT2D eigenvalue weighted by Gasteiger charge is -2.08. The van der Waals surface area contributed by atoms with E-state index in [1.807, 2.05) is 6.07 Å². The van der Waals surface area contributed by atoms with Crippen LogP contribution in [-0.4, -0.2) is 32.5 Å². The predicted octanol–water partition coefficient (Wildman–Crippen LogP) is 1.42. The Bertz CT molecular complexity index is 626. The number of amides is 2. The van der Waals surface area contributed by atoms with Crippen molar-refractivity contribution in [2.45, 2.75) is 6.42 Å². The molecule has 8 heteroatoms. The number of nitrogens with one attached hydrogen (secondary N) is 3. The summed E-state index contributed by atoms with van der Waals surface area (Å²) in [6.45, 7) is 1.04. The first-order valence-corrected chi connectivity index (χ1v) is 7.15. The number of benzene rings is 1. The van der Waals surface area contributed by atoms with Crippen LogP contribution in [0.5, 0.6) is 5.75 Å². The van der Waals surface area contributed by atoms with Gasteiger partial charge in [-0.05, 0) is 24.6 Å². The number of anilines is 1. The Balaban J connectivity index is 2.58. The number of ether oxygens (including phenoxy) is 1. The van der Waals surface area contributed by atoms with Crippen molar-refractivity contribution in [2.24, 2.45) is 0 Å². The first kappa shape index (κ1) is 18.3. The second kappa shape index (κ2) is 10.1. The van der Waals surface area contributed by atoms with Gasteiger partial charge < -0.3 is 20.7 Å². The SMILES string of the molecule is COc1ccc(NC(=O)/C(C#N)=C\NCCCNC=O)cc1Cl. The standard InChI is InChI=1S/C15H17ClN4O3/c1-23-14-4-3-12(7-13(14)16)20-15(22)11(8-17)9-18-5-2-6-19-10-21/h3-4,7,9-10,18H,2,5-6H2,1H3,(H,19,21)(H,20,22)/b11-9-. The van der Waals surface area contributed by atoms with Crippen LogP contribution in [0.25, 0.3) is 0 Å². The van der Waals surface area contributed by atoms with Crippen molar-refractivity contribution in [3.05, 3.63) is 35.0 Å². The van der Waals surface area contributed by atoms with Crippen molar-refractivity contribution in [3.8, 4) is 11.8 Å². The van der Waals surface area contributed by atoms with Crippen LogP contribution in [-0.2, 0) is 9.59 Å². The molecule has 23 heavy (non-hydrogen) atoms. The predicted molar refractivity (Wildman–Crippen MR) is 87.0 cm³/mol. The smallest absolute Gasteiger partial charge is 0.267 e. The lowest BCUT2D eigenvalue weighted by atomic mass is 10.2. The molecule has 1 aromatic rings. The largest absolute Gasteiger partial charge is 0.495 e. The molecule has 3 N–H and O–H groups in total. The van der Waals surface area contributed by atoms with Crippen molar-refractivity contribution in [3.63, 3.8) is 0 Å². The molecule has 0 fully saturated rings. The second-order valence-electron chi connectivity index (χ2n) is 4.35. The molecule has 7 nitrogen and oxygen atoms in total. The number of hydrogen-bond acceptors (Lipinski definition) is 5. The summed E-state index contributed by atoms with van der Waals surface area (Å²) in [6, 6.07) is 6.59. The molecule has 0 saturated heterocycles. The average Bonchev–Trinajstić information content (AvgIpc) is 2.54. The molecular weight excluding hydrogens is 320 g/mol. The Labute approximate surface area is 139 Å². The Kier molecular flexibility index (Phi) is 8.03. The number of rotatable bonds is 9. The summed E-state index contributed by atoms with van der Waals surface area (Å²) in [5, 5.41) is 17.3. The number of nitrogens with zero attached hydrogens (tertiary/aromatic N) is 1. The normalized spacial score (nSPS) is 10.4. The molecule has 2 amide bonds. The molecule has 1 rings (SSSR count). The average molecular weight is 337 g/mol. The van der Waals surface area contributed by atoms with Crippen LogP contribution in [0.15, 0.2) is 30.0 Å². The fraction of sp³-hybridized carbons (Fsp3) is 0.267. The molecule has 1 aromatic carbocycles. The van der Waals surface area contributed by atoms with E-state index in [-0.39, 0.29) is 5.57 Å². The van der Waals surface area contributed by atoms with Crippen molar-refractivity contribution in [2.75, 3.05) is 25.5 Å². The van der Waals surface area contributed by atoms with Crippen LogP contribution < -0.4 is 20.7 Å². The van der Waals surface area contributed by atoms with E-state index in [1.54, 1.807) is 12.1 Å². The first-order valence-electron chi connectivity index (χ1n) is 6.78. The fourth-order valence-electron chi connectivity index (χ4n) is 1.62. The zero-order valence-corrected chi connectivity index (χ0v) is 13.3. The van der Waals surface area contributed by atoms with E-state index in [9.17, 15) is 9.59 Å². The van der Waals surface area contributed by atoms with Crippen molar-refractivity contribution < 1.29 is 14.3 Å². The lowest BCUT2D eigenvalue weighted by Crippen LogP contribution is -2.20. The molecule has 0 atom stereocenters. The summed E-state index contributed by atoms with van der Waals surface area (Å²) in [6.07, 6.45) is 2.62. The highest BCUT2D eigenvalue weighted by atomic mass is 35.5. The minimum Gasteiger partial charge on any atom is -0.495 e. The minimum absolute atomic E-state index is 0.0692. The molecule has 0 aliphatic carbocycles. The van der Waals surface area contributed by atoms with Gasteiger partial charge in [-0.25, -0.2) is 0 Å². The maximum absolute atomic E-state index is 12.0. The zero-order chi connectivity index (χ0) is 17.1. The van der Waals surface area contributed by atoms with Gasteiger partial charge in [-0.2, -0.15) is 5.26 Å². The topological polar surface area (TPSA) is 103 Å². The van der Waals surface area contributed by atoms with Crippen molar-refractivity contribution in [1.82, 2.24) is 10.6 Å². The molecule has 0 bridgehead atoms. The maximum Gasteiger partial charge on any atom is 0.267 e. The summed E-state index contributed by atoms with van der Waals surface area (Å²) >= 11 is 5.97. The number of nitriles is 1. The highest BCUT2D eigenvalue weighted by Gasteiger charge is 2.10.